The molecule has 1 heterocycles. The molecule has 0 bridgehead atoms. The Morgan fingerprint density at radius 2 is 2.00 bits per heavy atom. The zero-order chi connectivity index (χ0) is 17.6. The molecule has 0 fully saturated rings. The minimum Gasteiger partial charge on any atom is -0.497 e. The zero-order valence-corrected chi connectivity index (χ0v) is 15.2. The predicted molar refractivity (Wildman–Crippen MR) is 106 cm³/mol. The van der Waals surface area contributed by atoms with E-state index in [-0.39, 0.29) is 5.56 Å². The molecule has 3 rings (SSSR count). The largest absolute Gasteiger partial charge is 0.497 e. The van der Waals surface area contributed by atoms with E-state index in [9.17, 15) is 4.79 Å². The molecule has 0 saturated heterocycles. The molecular weight excluding hydrogens is 354 g/mol. The van der Waals surface area contributed by atoms with Crippen LogP contribution in [0.2, 0.25) is 0 Å². The van der Waals surface area contributed by atoms with Crippen LogP contribution in [0.4, 0.5) is 0 Å². The van der Waals surface area contributed by atoms with Gasteiger partial charge in [-0.1, -0.05) is 48.2 Å². The number of aromatic nitrogens is 2. The van der Waals surface area contributed by atoms with Gasteiger partial charge in [0.1, 0.15) is 15.9 Å². The van der Waals surface area contributed by atoms with Gasteiger partial charge in [0.25, 0.3) is 5.56 Å². The maximum absolute atomic E-state index is 12.0. The number of nitrogens with zero attached hydrogens (tertiary/aromatic N) is 1. The highest BCUT2D eigenvalue weighted by Gasteiger charge is 2.05. The van der Waals surface area contributed by atoms with Crippen molar-refractivity contribution < 1.29 is 4.74 Å². The number of aromatic amines is 1. The summed E-state index contributed by atoms with van der Waals surface area (Å²) in [5, 5.41) is 3.79. The number of thiocarbonyl (C=S) groups is 1. The number of hydrogen-bond donors (Lipinski definition) is 2. The third-order valence-corrected chi connectivity index (χ3v) is 4.92. The second-order valence-corrected chi connectivity index (χ2v) is 6.96. The fraction of sp³-hybridized carbons (Fsp3) is 0.167. The zero-order valence-electron chi connectivity index (χ0n) is 13.6. The summed E-state index contributed by atoms with van der Waals surface area (Å²) in [5.74, 6) is 1.95. The number of H-pyrrole nitrogens is 1. The van der Waals surface area contributed by atoms with Gasteiger partial charge < -0.3 is 15.0 Å². The second kappa shape index (κ2) is 8.13. The Morgan fingerprint density at radius 3 is 2.76 bits per heavy atom. The standard InChI is InChI=1S/C18H17N3O2S2/c1-23-13-8-6-12(7-9-13)10-19-18(24)25-11-16-20-15-5-3-2-4-14(15)17(22)21-16/h2-9H,10-11H2,1H3,(H,19,24)(H,20,21,22). The van der Waals surface area contributed by atoms with Crippen LogP contribution in [0.15, 0.2) is 53.3 Å². The number of nitrogens with one attached hydrogen (secondary N) is 2. The monoisotopic (exact) mass is 371 g/mol. The highest BCUT2D eigenvalue weighted by atomic mass is 32.2. The number of hydrogen-bond acceptors (Lipinski definition) is 5. The Labute approximate surface area is 154 Å². The molecule has 5 nitrogen and oxygen atoms in total. The molecule has 7 heteroatoms. The maximum atomic E-state index is 12.0. The lowest BCUT2D eigenvalue weighted by Gasteiger charge is -2.08. The van der Waals surface area contributed by atoms with Gasteiger partial charge in [-0.3, -0.25) is 4.79 Å². The molecule has 0 unspecified atom stereocenters. The Kier molecular flexibility index (Phi) is 5.67. The van der Waals surface area contributed by atoms with Crippen molar-refractivity contribution in [3.63, 3.8) is 0 Å². The summed E-state index contributed by atoms with van der Waals surface area (Å²) in [6.07, 6.45) is 0. The van der Waals surface area contributed by atoms with Gasteiger partial charge in [-0.2, -0.15) is 0 Å². The summed E-state index contributed by atoms with van der Waals surface area (Å²) in [4.78, 5) is 19.3. The molecule has 2 aromatic carbocycles. The molecule has 3 aromatic rings. The second-order valence-electron chi connectivity index (χ2n) is 5.31. The molecule has 1 aromatic heterocycles. The smallest absolute Gasteiger partial charge is 0.258 e. The molecule has 0 radical (unpaired) electrons. The van der Waals surface area contributed by atoms with Crippen molar-refractivity contribution in [2.24, 2.45) is 0 Å². The lowest BCUT2D eigenvalue weighted by atomic mass is 10.2. The van der Waals surface area contributed by atoms with E-state index in [0.717, 1.165) is 11.3 Å². The summed E-state index contributed by atoms with van der Waals surface area (Å²) >= 11 is 6.77. The van der Waals surface area contributed by atoms with Crippen LogP contribution in [0.1, 0.15) is 11.4 Å². The lowest BCUT2D eigenvalue weighted by Crippen LogP contribution is -2.18. The van der Waals surface area contributed by atoms with Crippen molar-refractivity contribution in [2.45, 2.75) is 12.3 Å². The average molecular weight is 371 g/mol. The van der Waals surface area contributed by atoms with E-state index in [1.165, 1.54) is 11.8 Å². The van der Waals surface area contributed by atoms with Crippen LogP contribution >= 0.6 is 24.0 Å². The molecule has 0 aliphatic heterocycles. The predicted octanol–water partition coefficient (Wildman–Crippen LogP) is 3.24. The first kappa shape index (κ1) is 17.4. The molecule has 0 saturated carbocycles. The summed E-state index contributed by atoms with van der Waals surface area (Å²) in [7, 11) is 1.64. The fourth-order valence-corrected chi connectivity index (χ4v) is 3.13. The Morgan fingerprint density at radius 1 is 1.24 bits per heavy atom. The van der Waals surface area contributed by atoms with Crippen LogP contribution in [-0.2, 0) is 12.3 Å². The van der Waals surface area contributed by atoms with Crippen molar-refractivity contribution in [1.82, 2.24) is 15.3 Å². The number of methoxy groups -OCH3 is 1. The van der Waals surface area contributed by atoms with Crippen LogP contribution in [-0.4, -0.2) is 21.4 Å². The Bertz CT molecular complexity index is 939. The van der Waals surface area contributed by atoms with Crippen LogP contribution in [0, 0.1) is 0 Å². The van der Waals surface area contributed by atoms with E-state index in [1.807, 2.05) is 42.5 Å². The number of ether oxygens (including phenoxy) is 1. The average Bonchev–Trinajstić information content (AvgIpc) is 2.65. The van der Waals surface area contributed by atoms with E-state index >= 15 is 0 Å². The molecule has 128 valence electrons. The quantitative estimate of drug-likeness (QED) is 0.671. The number of benzene rings is 2. The molecule has 0 amide bonds. The van der Waals surface area contributed by atoms with Gasteiger partial charge in [0.15, 0.2) is 0 Å². The summed E-state index contributed by atoms with van der Waals surface area (Å²) in [6.45, 7) is 0.636. The minimum atomic E-state index is -0.127. The normalized spacial score (nSPS) is 10.6. The Hall–Kier alpha value is -2.38. The topological polar surface area (TPSA) is 67.0 Å². The van der Waals surface area contributed by atoms with Crippen molar-refractivity contribution in [1.29, 1.82) is 0 Å². The fourth-order valence-electron chi connectivity index (χ4n) is 2.31. The molecule has 0 aliphatic carbocycles. The summed E-state index contributed by atoms with van der Waals surface area (Å²) in [5.41, 5.74) is 1.68. The first-order valence-corrected chi connectivity index (χ1v) is 9.06. The minimum absolute atomic E-state index is 0.127. The molecule has 2 N–H and O–H groups in total. The number of para-hydroxylation sites is 1. The highest BCUT2D eigenvalue weighted by Crippen LogP contribution is 2.14. The molecule has 0 atom stereocenters. The van der Waals surface area contributed by atoms with E-state index in [4.69, 9.17) is 17.0 Å². The van der Waals surface area contributed by atoms with E-state index < -0.39 is 0 Å². The van der Waals surface area contributed by atoms with Crippen molar-refractivity contribution >= 4 is 39.2 Å². The molecule has 0 aliphatic rings. The first-order valence-electron chi connectivity index (χ1n) is 7.67. The van der Waals surface area contributed by atoms with Gasteiger partial charge in [0.2, 0.25) is 0 Å². The van der Waals surface area contributed by atoms with Crippen LogP contribution in [0.3, 0.4) is 0 Å². The molecule has 0 spiro atoms. The van der Waals surface area contributed by atoms with E-state index in [2.05, 4.69) is 15.3 Å². The van der Waals surface area contributed by atoms with Gasteiger partial charge >= 0.3 is 0 Å². The number of rotatable bonds is 5. The third kappa shape index (κ3) is 4.58. The van der Waals surface area contributed by atoms with Gasteiger partial charge in [0.05, 0.1) is 23.8 Å². The first-order chi connectivity index (χ1) is 12.2. The summed E-state index contributed by atoms with van der Waals surface area (Å²) in [6, 6.07) is 15.1. The van der Waals surface area contributed by atoms with Gasteiger partial charge in [-0.25, -0.2) is 4.98 Å². The number of fused-ring (bicyclic) bond motifs is 1. The van der Waals surface area contributed by atoms with E-state index in [0.29, 0.717) is 33.3 Å². The highest BCUT2D eigenvalue weighted by molar-refractivity contribution is 8.22. The van der Waals surface area contributed by atoms with Crippen molar-refractivity contribution in [3.05, 3.63) is 70.3 Å². The lowest BCUT2D eigenvalue weighted by molar-refractivity contribution is 0.414. The van der Waals surface area contributed by atoms with Crippen molar-refractivity contribution in [3.8, 4) is 5.75 Å². The van der Waals surface area contributed by atoms with Gasteiger partial charge in [-0.05, 0) is 29.8 Å². The molecule has 25 heavy (non-hydrogen) atoms. The van der Waals surface area contributed by atoms with Gasteiger partial charge in [0, 0.05) is 6.54 Å². The summed E-state index contributed by atoms with van der Waals surface area (Å²) < 4.78 is 5.80. The van der Waals surface area contributed by atoms with Crippen LogP contribution in [0.5, 0.6) is 5.75 Å². The van der Waals surface area contributed by atoms with E-state index in [1.54, 1.807) is 13.2 Å². The third-order valence-electron chi connectivity index (χ3n) is 3.60. The van der Waals surface area contributed by atoms with Gasteiger partial charge in [-0.15, -0.1) is 0 Å². The molecular formula is C18H17N3O2S2. The number of thioether (sulfide) groups is 1. The van der Waals surface area contributed by atoms with Crippen LogP contribution in [0.25, 0.3) is 10.9 Å². The SMILES string of the molecule is COc1ccc(CNC(=S)SCc2nc3ccccc3c(=O)[nH]2)cc1. The Balaban J connectivity index is 1.56. The van der Waals surface area contributed by atoms with Crippen LogP contribution < -0.4 is 15.6 Å². The maximum Gasteiger partial charge on any atom is 0.258 e. The van der Waals surface area contributed by atoms with Crippen molar-refractivity contribution in [2.75, 3.05) is 7.11 Å².